The Bertz CT molecular complexity index is 578. The number of nitrogens with one attached hydrogen (secondary N) is 1. The Hall–Kier alpha value is -2.69. The van der Waals surface area contributed by atoms with Crippen LogP contribution in [-0.4, -0.2) is 22.9 Å². The highest BCUT2D eigenvalue weighted by molar-refractivity contribution is 5.67. The van der Waals surface area contributed by atoms with Crippen molar-refractivity contribution in [2.75, 3.05) is 6.54 Å². The molecule has 0 aliphatic rings. The zero-order valence-electron chi connectivity index (χ0n) is 11.5. The van der Waals surface area contributed by atoms with Gasteiger partial charge < -0.3 is 20.3 Å². The summed E-state index contributed by atoms with van der Waals surface area (Å²) in [6, 6.07) is 13.9. The van der Waals surface area contributed by atoms with Gasteiger partial charge >= 0.3 is 6.09 Å². The third-order valence-electron chi connectivity index (χ3n) is 2.98. The lowest BCUT2D eigenvalue weighted by Gasteiger charge is -2.09. The van der Waals surface area contributed by atoms with Gasteiger partial charge in [0.05, 0.1) is 0 Å². The highest BCUT2D eigenvalue weighted by Gasteiger charge is 2.08. The minimum Gasteiger partial charge on any atom is -0.508 e. The Morgan fingerprint density at radius 3 is 2.33 bits per heavy atom. The van der Waals surface area contributed by atoms with Crippen LogP contribution in [-0.2, 0) is 17.8 Å². The zero-order chi connectivity index (χ0) is 15.1. The van der Waals surface area contributed by atoms with Crippen LogP contribution in [0.2, 0.25) is 0 Å². The van der Waals surface area contributed by atoms with Crippen molar-refractivity contribution in [1.82, 2.24) is 5.32 Å². The minimum atomic E-state index is -0.534. The Balaban J connectivity index is 1.75. The molecular formula is C16H17NO4. The number of alkyl carbamates (subject to hydrolysis) is 1. The van der Waals surface area contributed by atoms with Gasteiger partial charge in [0, 0.05) is 12.1 Å². The Morgan fingerprint density at radius 1 is 1.00 bits per heavy atom. The topological polar surface area (TPSA) is 78.8 Å². The van der Waals surface area contributed by atoms with Crippen molar-refractivity contribution in [2.24, 2.45) is 0 Å². The van der Waals surface area contributed by atoms with Gasteiger partial charge in [-0.25, -0.2) is 4.79 Å². The smallest absolute Gasteiger partial charge is 0.407 e. The molecule has 0 fully saturated rings. The van der Waals surface area contributed by atoms with Gasteiger partial charge in [0.25, 0.3) is 0 Å². The minimum absolute atomic E-state index is 0.00875. The van der Waals surface area contributed by atoms with E-state index < -0.39 is 6.09 Å². The fourth-order valence-electron chi connectivity index (χ4n) is 1.88. The van der Waals surface area contributed by atoms with E-state index in [4.69, 9.17) is 4.74 Å². The molecule has 5 nitrogen and oxygen atoms in total. The first-order valence-corrected chi connectivity index (χ1v) is 6.61. The van der Waals surface area contributed by atoms with Crippen molar-refractivity contribution in [1.29, 1.82) is 0 Å². The molecule has 2 aromatic rings. The first kappa shape index (κ1) is 14.7. The summed E-state index contributed by atoms with van der Waals surface area (Å²) in [5.74, 6) is 0.0175. The van der Waals surface area contributed by atoms with Crippen LogP contribution < -0.4 is 5.32 Å². The van der Waals surface area contributed by atoms with Gasteiger partial charge in [-0.2, -0.15) is 0 Å². The number of benzene rings is 2. The van der Waals surface area contributed by atoms with E-state index in [-0.39, 0.29) is 24.7 Å². The molecule has 2 rings (SSSR count). The molecule has 110 valence electrons. The highest BCUT2D eigenvalue weighted by Crippen LogP contribution is 2.26. The number of hydrogen-bond acceptors (Lipinski definition) is 4. The first-order chi connectivity index (χ1) is 10.2. The molecule has 5 heteroatoms. The standard InChI is InChI=1S/C16H17NO4/c18-14-7-4-8-15(19)13(14)9-10-17-16(20)21-11-12-5-2-1-3-6-12/h1-8,18-19H,9-11H2,(H,17,20). The van der Waals surface area contributed by atoms with Crippen LogP contribution in [0.3, 0.4) is 0 Å². The molecule has 0 unspecified atom stereocenters. The zero-order valence-corrected chi connectivity index (χ0v) is 11.5. The molecule has 0 heterocycles. The molecular weight excluding hydrogens is 270 g/mol. The van der Waals surface area contributed by atoms with Crippen molar-refractivity contribution in [3.63, 3.8) is 0 Å². The van der Waals surface area contributed by atoms with Crippen LogP contribution in [0, 0.1) is 0 Å². The summed E-state index contributed by atoms with van der Waals surface area (Å²) in [4.78, 5) is 11.5. The van der Waals surface area contributed by atoms with Crippen molar-refractivity contribution in [2.45, 2.75) is 13.0 Å². The van der Waals surface area contributed by atoms with E-state index >= 15 is 0 Å². The summed E-state index contributed by atoms with van der Waals surface area (Å²) in [5, 5.41) is 21.8. The number of phenolic OH excluding ortho intramolecular Hbond substituents is 2. The molecule has 0 radical (unpaired) electrons. The van der Waals surface area contributed by atoms with Gasteiger partial charge in [-0.3, -0.25) is 0 Å². The largest absolute Gasteiger partial charge is 0.508 e. The molecule has 1 amide bonds. The van der Waals surface area contributed by atoms with E-state index in [1.807, 2.05) is 30.3 Å². The molecule has 2 aromatic carbocycles. The number of hydrogen-bond donors (Lipinski definition) is 3. The molecule has 0 aromatic heterocycles. The van der Waals surface area contributed by atoms with E-state index in [1.165, 1.54) is 12.1 Å². The average Bonchev–Trinajstić information content (AvgIpc) is 2.49. The van der Waals surface area contributed by atoms with Gasteiger partial charge in [0.1, 0.15) is 18.1 Å². The van der Waals surface area contributed by atoms with Gasteiger partial charge in [-0.15, -0.1) is 0 Å². The lowest BCUT2D eigenvalue weighted by Crippen LogP contribution is -2.26. The fraction of sp³-hybridized carbons (Fsp3) is 0.188. The summed E-state index contributed by atoms with van der Waals surface area (Å²) in [6.07, 6.45) is -0.215. The number of ether oxygens (including phenoxy) is 1. The molecule has 0 spiro atoms. The SMILES string of the molecule is O=C(NCCc1c(O)cccc1O)OCc1ccccc1. The van der Waals surface area contributed by atoms with E-state index in [0.717, 1.165) is 5.56 Å². The highest BCUT2D eigenvalue weighted by atomic mass is 16.5. The fourth-order valence-corrected chi connectivity index (χ4v) is 1.88. The van der Waals surface area contributed by atoms with Crippen molar-refractivity contribution < 1.29 is 19.7 Å². The number of phenols is 2. The van der Waals surface area contributed by atoms with E-state index in [0.29, 0.717) is 12.0 Å². The van der Waals surface area contributed by atoms with Crippen LogP contribution in [0.15, 0.2) is 48.5 Å². The van der Waals surface area contributed by atoms with Gasteiger partial charge in [0.15, 0.2) is 0 Å². The molecule has 21 heavy (non-hydrogen) atoms. The predicted octanol–water partition coefficient (Wildman–Crippen LogP) is 2.57. The second-order valence-electron chi connectivity index (χ2n) is 4.51. The number of carbonyl (C=O) groups is 1. The Kier molecular flexibility index (Phi) is 5.04. The van der Waals surface area contributed by atoms with Crippen LogP contribution in [0.4, 0.5) is 4.79 Å². The molecule has 0 bridgehead atoms. The van der Waals surface area contributed by atoms with Crippen molar-refractivity contribution in [3.05, 3.63) is 59.7 Å². The first-order valence-electron chi connectivity index (χ1n) is 6.61. The third-order valence-corrected chi connectivity index (χ3v) is 2.98. The van der Waals surface area contributed by atoms with Crippen molar-refractivity contribution in [3.8, 4) is 11.5 Å². The second kappa shape index (κ2) is 7.19. The van der Waals surface area contributed by atoms with Crippen LogP contribution >= 0.6 is 0 Å². The summed E-state index contributed by atoms with van der Waals surface area (Å²) in [6.45, 7) is 0.466. The van der Waals surface area contributed by atoms with E-state index in [9.17, 15) is 15.0 Å². The summed E-state index contributed by atoms with van der Waals surface area (Å²) < 4.78 is 5.05. The van der Waals surface area contributed by atoms with Crippen LogP contribution in [0.1, 0.15) is 11.1 Å². The lowest BCUT2D eigenvalue weighted by molar-refractivity contribution is 0.139. The predicted molar refractivity (Wildman–Crippen MR) is 78.1 cm³/mol. The van der Waals surface area contributed by atoms with Gasteiger partial charge in [-0.1, -0.05) is 36.4 Å². The van der Waals surface area contributed by atoms with Crippen molar-refractivity contribution >= 4 is 6.09 Å². The normalized spacial score (nSPS) is 10.1. The number of amides is 1. The second-order valence-corrected chi connectivity index (χ2v) is 4.51. The maximum atomic E-state index is 11.5. The Morgan fingerprint density at radius 2 is 1.67 bits per heavy atom. The summed E-state index contributed by atoms with van der Waals surface area (Å²) in [5.41, 5.74) is 1.31. The molecule has 0 aliphatic carbocycles. The third kappa shape index (κ3) is 4.42. The van der Waals surface area contributed by atoms with Crippen LogP contribution in [0.5, 0.6) is 11.5 Å². The number of rotatable bonds is 5. The molecule has 0 aliphatic heterocycles. The number of carbonyl (C=O) groups excluding carboxylic acids is 1. The van der Waals surface area contributed by atoms with E-state index in [2.05, 4.69) is 5.32 Å². The molecule has 0 saturated carbocycles. The average molecular weight is 287 g/mol. The summed E-state index contributed by atoms with van der Waals surface area (Å²) >= 11 is 0. The van der Waals surface area contributed by atoms with E-state index in [1.54, 1.807) is 6.07 Å². The van der Waals surface area contributed by atoms with Gasteiger partial charge in [0.2, 0.25) is 0 Å². The monoisotopic (exact) mass is 287 g/mol. The lowest BCUT2D eigenvalue weighted by atomic mass is 10.1. The number of aromatic hydroxyl groups is 2. The van der Waals surface area contributed by atoms with Gasteiger partial charge in [-0.05, 0) is 24.1 Å². The Labute approximate surface area is 122 Å². The maximum absolute atomic E-state index is 11.5. The summed E-state index contributed by atoms with van der Waals surface area (Å²) in [7, 11) is 0. The molecule has 3 N–H and O–H groups in total. The maximum Gasteiger partial charge on any atom is 0.407 e. The quantitative estimate of drug-likeness (QED) is 0.789. The molecule has 0 saturated heterocycles. The van der Waals surface area contributed by atoms with Crippen LogP contribution in [0.25, 0.3) is 0 Å². The molecule has 0 atom stereocenters.